The van der Waals surface area contributed by atoms with Crippen molar-refractivity contribution >= 4 is 5.65 Å². The zero-order chi connectivity index (χ0) is 21.4. The van der Waals surface area contributed by atoms with E-state index in [2.05, 4.69) is 20.2 Å². The Hall–Kier alpha value is -4.07. The van der Waals surface area contributed by atoms with Crippen LogP contribution in [0.1, 0.15) is 11.4 Å². The number of imidazole rings is 1. The molecule has 5 aromatic rings. The fraction of sp³-hybridized carbons (Fsp3) is 0.174. The number of aryl methyl sites for hydroxylation is 4. The first-order valence-electron chi connectivity index (χ1n) is 10.1. The molecule has 8 heteroatoms. The lowest BCUT2D eigenvalue weighted by Gasteiger charge is -2.10. The Bertz CT molecular complexity index is 1430. The largest absolute Gasteiger partial charge is 0.329 e. The quantitative estimate of drug-likeness (QED) is 0.444. The number of benzene rings is 1. The van der Waals surface area contributed by atoms with E-state index in [0.29, 0.717) is 13.1 Å². The molecule has 0 spiro atoms. The van der Waals surface area contributed by atoms with Crippen molar-refractivity contribution in [2.45, 2.75) is 26.9 Å². The highest BCUT2D eigenvalue weighted by atomic mass is 16.1. The molecule has 0 N–H and O–H groups in total. The van der Waals surface area contributed by atoms with Crippen molar-refractivity contribution < 1.29 is 0 Å². The topological polar surface area (TPSA) is 82.9 Å². The van der Waals surface area contributed by atoms with Gasteiger partial charge in [-0.2, -0.15) is 10.2 Å². The van der Waals surface area contributed by atoms with E-state index >= 15 is 0 Å². The van der Waals surface area contributed by atoms with Gasteiger partial charge in [0.25, 0.3) is 5.56 Å². The molecule has 4 heterocycles. The first-order valence-corrected chi connectivity index (χ1v) is 10.1. The Labute approximate surface area is 178 Å². The molecule has 0 bridgehead atoms. The highest BCUT2D eigenvalue weighted by Gasteiger charge is 2.15. The number of hydrogen-bond donors (Lipinski definition) is 0. The average Bonchev–Trinajstić information content (AvgIpc) is 3.40. The van der Waals surface area contributed by atoms with E-state index in [9.17, 15) is 4.79 Å². The molecule has 1 aromatic carbocycles. The fourth-order valence-electron chi connectivity index (χ4n) is 3.74. The maximum absolute atomic E-state index is 12.4. The zero-order valence-electron chi connectivity index (χ0n) is 17.3. The number of hydrogen-bond acceptors (Lipinski definition) is 5. The first kappa shape index (κ1) is 18.9. The third kappa shape index (κ3) is 3.52. The number of aromatic nitrogens is 7. The number of rotatable bonds is 5. The summed E-state index contributed by atoms with van der Waals surface area (Å²) >= 11 is 0. The lowest BCUT2D eigenvalue weighted by atomic mass is 10.1. The van der Waals surface area contributed by atoms with Crippen molar-refractivity contribution in [3.63, 3.8) is 0 Å². The van der Waals surface area contributed by atoms with Crippen LogP contribution in [-0.4, -0.2) is 33.9 Å². The van der Waals surface area contributed by atoms with Gasteiger partial charge in [0.1, 0.15) is 5.82 Å². The Kier molecular flexibility index (Phi) is 4.66. The summed E-state index contributed by atoms with van der Waals surface area (Å²) in [6, 6.07) is 15.1. The van der Waals surface area contributed by atoms with Crippen molar-refractivity contribution in [2.75, 3.05) is 0 Å². The van der Waals surface area contributed by atoms with E-state index < -0.39 is 0 Å². The average molecular weight is 411 g/mol. The summed E-state index contributed by atoms with van der Waals surface area (Å²) in [5, 5.41) is 9.02. The minimum Gasteiger partial charge on any atom is -0.329 e. The van der Waals surface area contributed by atoms with Gasteiger partial charge in [-0.1, -0.05) is 30.3 Å². The van der Waals surface area contributed by atoms with Crippen LogP contribution in [0, 0.1) is 13.8 Å². The van der Waals surface area contributed by atoms with Crippen LogP contribution in [0.15, 0.2) is 71.9 Å². The molecule has 31 heavy (non-hydrogen) atoms. The summed E-state index contributed by atoms with van der Waals surface area (Å²) in [5.74, 6) is 0.764. The van der Waals surface area contributed by atoms with E-state index in [-0.39, 0.29) is 5.56 Å². The fourth-order valence-corrected chi connectivity index (χ4v) is 3.74. The highest BCUT2D eigenvalue weighted by molar-refractivity contribution is 5.72. The van der Waals surface area contributed by atoms with Crippen LogP contribution in [0.5, 0.6) is 0 Å². The second-order valence-electron chi connectivity index (χ2n) is 7.42. The van der Waals surface area contributed by atoms with Gasteiger partial charge in [-0.25, -0.2) is 19.2 Å². The minimum absolute atomic E-state index is 0.134. The molecule has 0 unspecified atom stereocenters. The van der Waals surface area contributed by atoms with E-state index in [4.69, 9.17) is 0 Å². The normalized spacial score (nSPS) is 11.3. The molecule has 0 amide bonds. The number of nitrogens with zero attached hydrogens (tertiary/aromatic N) is 7. The van der Waals surface area contributed by atoms with Crippen molar-refractivity contribution in [3.8, 4) is 22.6 Å². The van der Waals surface area contributed by atoms with Gasteiger partial charge < -0.3 is 4.57 Å². The predicted molar refractivity (Wildman–Crippen MR) is 118 cm³/mol. The summed E-state index contributed by atoms with van der Waals surface area (Å²) in [6.07, 6.45) is 5.43. The van der Waals surface area contributed by atoms with Gasteiger partial charge >= 0.3 is 0 Å². The molecule has 0 aliphatic carbocycles. The van der Waals surface area contributed by atoms with Gasteiger partial charge in [0.2, 0.25) is 0 Å². The maximum Gasteiger partial charge on any atom is 0.266 e. The molecule has 0 saturated heterocycles. The van der Waals surface area contributed by atoms with Gasteiger partial charge in [0, 0.05) is 42.0 Å². The molecule has 0 aliphatic rings. The van der Waals surface area contributed by atoms with Gasteiger partial charge in [-0.3, -0.25) is 4.79 Å². The molecule has 0 radical (unpaired) electrons. The Morgan fingerprint density at radius 3 is 2.68 bits per heavy atom. The van der Waals surface area contributed by atoms with Crippen LogP contribution in [-0.2, 0) is 13.1 Å². The molecule has 0 aliphatic heterocycles. The van der Waals surface area contributed by atoms with Crippen LogP contribution in [0.3, 0.4) is 0 Å². The number of fused-ring (bicyclic) bond motifs is 1. The summed E-state index contributed by atoms with van der Waals surface area (Å²) in [4.78, 5) is 21.6. The Morgan fingerprint density at radius 2 is 1.84 bits per heavy atom. The molecule has 154 valence electrons. The van der Waals surface area contributed by atoms with Gasteiger partial charge in [-0.15, -0.1) is 0 Å². The molecule has 4 aromatic heterocycles. The van der Waals surface area contributed by atoms with Crippen LogP contribution in [0.4, 0.5) is 0 Å². The van der Waals surface area contributed by atoms with Crippen LogP contribution in [0.2, 0.25) is 0 Å². The Morgan fingerprint density at radius 1 is 1.00 bits per heavy atom. The molecule has 5 rings (SSSR count). The molecular weight excluding hydrogens is 390 g/mol. The van der Waals surface area contributed by atoms with Crippen molar-refractivity contribution in [1.29, 1.82) is 0 Å². The van der Waals surface area contributed by atoms with Crippen molar-refractivity contribution in [2.24, 2.45) is 0 Å². The monoisotopic (exact) mass is 411 g/mol. The van der Waals surface area contributed by atoms with Crippen LogP contribution < -0.4 is 5.56 Å². The van der Waals surface area contributed by atoms with Crippen molar-refractivity contribution in [1.82, 2.24) is 33.9 Å². The lowest BCUT2D eigenvalue weighted by molar-refractivity contribution is 0.515. The summed E-state index contributed by atoms with van der Waals surface area (Å²) in [5.41, 5.74) is 5.18. The Balaban J connectivity index is 1.46. The van der Waals surface area contributed by atoms with Gasteiger partial charge in [-0.05, 0) is 26.0 Å². The molecule has 0 atom stereocenters. The van der Waals surface area contributed by atoms with Gasteiger partial charge in [0.15, 0.2) is 5.65 Å². The van der Waals surface area contributed by atoms with Crippen LogP contribution in [0.25, 0.3) is 28.3 Å². The van der Waals surface area contributed by atoms with Crippen molar-refractivity contribution in [3.05, 3.63) is 88.9 Å². The second kappa shape index (κ2) is 7.64. The third-order valence-electron chi connectivity index (χ3n) is 5.22. The molecule has 0 fully saturated rings. The first-order chi connectivity index (χ1) is 15.1. The molecule has 8 nitrogen and oxygen atoms in total. The molecular formula is C23H21N7O. The summed E-state index contributed by atoms with van der Waals surface area (Å²) in [6.45, 7) is 4.94. The van der Waals surface area contributed by atoms with Gasteiger partial charge in [0.05, 0.1) is 24.0 Å². The van der Waals surface area contributed by atoms with E-state index in [1.807, 2.05) is 65.5 Å². The lowest BCUT2D eigenvalue weighted by Crippen LogP contribution is -2.24. The highest BCUT2D eigenvalue weighted by Crippen LogP contribution is 2.23. The summed E-state index contributed by atoms with van der Waals surface area (Å²) in [7, 11) is 0. The predicted octanol–water partition coefficient (Wildman–Crippen LogP) is 3.13. The standard InChI is InChI=1S/C23H21N7O/c1-16-14-17(2)30-23(26-16)19(15-25-30)22-24-10-11-28(22)12-13-29-21(31)9-8-20(27-29)18-6-4-3-5-7-18/h3-11,14-15H,12-13H2,1-2H3. The second-order valence-corrected chi connectivity index (χ2v) is 7.42. The maximum atomic E-state index is 12.4. The van der Waals surface area contributed by atoms with E-state index in [1.165, 1.54) is 4.68 Å². The SMILES string of the molecule is Cc1cc(C)n2ncc(-c3nccn3CCn3nc(-c4ccccc4)ccc3=O)c2n1. The summed E-state index contributed by atoms with van der Waals surface area (Å²) < 4.78 is 5.31. The molecule has 0 saturated carbocycles. The van der Waals surface area contributed by atoms with E-state index in [1.54, 1.807) is 24.5 Å². The van der Waals surface area contributed by atoms with E-state index in [0.717, 1.165) is 39.7 Å². The minimum atomic E-state index is -0.134. The van der Waals surface area contributed by atoms with Crippen LogP contribution >= 0.6 is 0 Å². The smallest absolute Gasteiger partial charge is 0.266 e. The zero-order valence-corrected chi connectivity index (χ0v) is 17.3. The third-order valence-corrected chi connectivity index (χ3v) is 5.22.